The Kier molecular flexibility index (Phi) is 6.31. The molecule has 1 saturated heterocycles. The molecule has 1 N–H and O–H groups in total. The molecular weight excluding hydrogens is 531 g/mol. The minimum atomic E-state index is -0.640. The van der Waals surface area contributed by atoms with Crippen LogP contribution in [0.5, 0.6) is 0 Å². The summed E-state index contributed by atoms with van der Waals surface area (Å²) in [6.07, 6.45) is 1.62. The van der Waals surface area contributed by atoms with Crippen molar-refractivity contribution in [1.82, 2.24) is 19.9 Å². The predicted molar refractivity (Wildman–Crippen MR) is 156 cm³/mol. The van der Waals surface area contributed by atoms with Crippen LogP contribution in [0.4, 0.5) is 4.39 Å². The maximum absolute atomic E-state index is 14.3. The van der Waals surface area contributed by atoms with E-state index in [-0.39, 0.29) is 11.7 Å². The summed E-state index contributed by atoms with van der Waals surface area (Å²) in [6.45, 7) is 8.73. The monoisotopic (exact) mass is 558 g/mol. The van der Waals surface area contributed by atoms with Crippen LogP contribution in [0.3, 0.4) is 0 Å². The largest absolute Gasteiger partial charge is 0.340 e. The first-order valence-corrected chi connectivity index (χ1v) is 14.2. The summed E-state index contributed by atoms with van der Waals surface area (Å²) in [5, 5.41) is 1.42. The second-order valence-corrected chi connectivity index (χ2v) is 11.9. The van der Waals surface area contributed by atoms with Gasteiger partial charge in [-0.05, 0) is 93.1 Å². The minimum absolute atomic E-state index is 0.157. The van der Waals surface area contributed by atoms with Gasteiger partial charge in [-0.15, -0.1) is 11.3 Å². The lowest BCUT2D eigenvalue weighted by Gasteiger charge is -2.33. The molecule has 2 aromatic heterocycles. The number of fused-ring (bicyclic) bond motifs is 1. The lowest BCUT2D eigenvalue weighted by molar-refractivity contribution is 0.0601. The number of halogens is 2. The highest BCUT2D eigenvalue weighted by molar-refractivity contribution is 7.18. The summed E-state index contributed by atoms with van der Waals surface area (Å²) in [4.78, 5) is 30.2. The van der Waals surface area contributed by atoms with Crippen LogP contribution in [0.2, 0.25) is 5.02 Å². The molecule has 0 bridgehead atoms. The normalized spacial score (nSPS) is 17.3. The first kappa shape index (κ1) is 25.7. The van der Waals surface area contributed by atoms with Crippen LogP contribution in [0.1, 0.15) is 52.8 Å². The number of nitrogens with zero attached hydrogens (tertiary/aromatic N) is 3. The number of likely N-dealkylation sites (tertiary alicyclic amines) is 1. The lowest BCUT2D eigenvalue weighted by Crippen LogP contribution is -2.44. The number of imidazole rings is 1. The Bertz CT molecular complexity index is 1740. The van der Waals surface area contributed by atoms with Crippen molar-refractivity contribution < 1.29 is 9.18 Å². The molecule has 0 spiro atoms. The number of carbonyl (C=O) groups is 1. The fraction of sp³-hybridized carbons (Fsp3) is 0.258. The fourth-order valence-electron chi connectivity index (χ4n) is 5.37. The zero-order valence-electron chi connectivity index (χ0n) is 22.2. The molecule has 0 aliphatic carbocycles. The van der Waals surface area contributed by atoms with Gasteiger partial charge in [-0.1, -0.05) is 35.9 Å². The average molecular weight is 559 g/mol. The van der Waals surface area contributed by atoms with E-state index in [2.05, 4.69) is 37.9 Å². The molecule has 6 rings (SSSR count). The number of thiazole rings is 1. The Morgan fingerprint density at radius 2 is 1.77 bits per heavy atom. The van der Waals surface area contributed by atoms with E-state index in [4.69, 9.17) is 21.6 Å². The van der Waals surface area contributed by atoms with Crippen molar-refractivity contribution in [3.63, 3.8) is 0 Å². The van der Waals surface area contributed by atoms with Gasteiger partial charge in [0, 0.05) is 17.1 Å². The molecule has 3 heterocycles. The van der Waals surface area contributed by atoms with Gasteiger partial charge in [0.05, 0.1) is 21.4 Å². The van der Waals surface area contributed by atoms with Gasteiger partial charge >= 0.3 is 0 Å². The standard InChI is InChI=1S/C31H28ClFN4OS/c1-17-6-7-21(16-18(17)2)28-35-26(27(39-28)20-8-10-22(33)11-9-20)29(38)37-15-5-14-31(37,4)30-34-24-13-12-23(32)19(3)25(24)36-30/h6-13,16H,5,14-15H2,1-4H3,(H,34,36). The summed E-state index contributed by atoms with van der Waals surface area (Å²) >= 11 is 7.82. The molecule has 1 atom stereocenters. The molecule has 5 aromatic rings. The molecule has 1 unspecified atom stereocenters. The number of benzene rings is 3. The molecule has 5 nitrogen and oxygen atoms in total. The zero-order chi connectivity index (χ0) is 27.5. The lowest BCUT2D eigenvalue weighted by atomic mass is 9.97. The molecule has 1 amide bonds. The third-order valence-electron chi connectivity index (χ3n) is 7.93. The number of carbonyl (C=O) groups excluding carboxylic acids is 1. The van der Waals surface area contributed by atoms with Crippen LogP contribution in [0.25, 0.3) is 32.0 Å². The van der Waals surface area contributed by atoms with Gasteiger partial charge in [0.15, 0.2) is 0 Å². The third kappa shape index (κ3) is 4.34. The van der Waals surface area contributed by atoms with Crippen molar-refractivity contribution in [2.45, 2.75) is 46.1 Å². The minimum Gasteiger partial charge on any atom is -0.340 e. The Morgan fingerprint density at radius 3 is 2.51 bits per heavy atom. The maximum Gasteiger partial charge on any atom is 0.274 e. The van der Waals surface area contributed by atoms with Gasteiger partial charge in [0.2, 0.25) is 0 Å². The highest BCUT2D eigenvalue weighted by Crippen LogP contribution is 2.42. The number of hydrogen-bond donors (Lipinski definition) is 1. The van der Waals surface area contributed by atoms with E-state index in [1.807, 2.05) is 30.0 Å². The van der Waals surface area contributed by atoms with Gasteiger partial charge < -0.3 is 9.88 Å². The summed E-state index contributed by atoms with van der Waals surface area (Å²) in [7, 11) is 0. The topological polar surface area (TPSA) is 61.9 Å². The quantitative estimate of drug-likeness (QED) is 0.242. The van der Waals surface area contributed by atoms with Gasteiger partial charge in [-0.25, -0.2) is 14.4 Å². The maximum atomic E-state index is 14.3. The van der Waals surface area contributed by atoms with E-state index in [1.165, 1.54) is 29.0 Å². The fourth-order valence-corrected chi connectivity index (χ4v) is 6.58. The Morgan fingerprint density at radius 1 is 1.03 bits per heavy atom. The van der Waals surface area contributed by atoms with Crippen LogP contribution in [-0.4, -0.2) is 32.3 Å². The average Bonchev–Trinajstić information content (AvgIpc) is 3.66. The van der Waals surface area contributed by atoms with Gasteiger partial charge in [-0.2, -0.15) is 0 Å². The Balaban J connectivity index is 1.45. The number of hydrogen-bond acceptors (Lipinski definition) is 4. The van der Waals surface area contributed by atoms with Crippen LogP contribution in [0, 0.1) is 26.6 Å². The summed E-state index contributed by atoms with van der Waals surface area (Å²) in [6, 6.07) is 16.2. The highest BCUT2D eigenvalue weighted by Gasteiger charge is 2.45. The molecular formula is C31H28ClFN4OS. The summed E-state index contributed by atoms with van der Waals surface area (Å²) in [5.41, 5.74) is 6.43. The van der Waals surface area contributed by atoms with Crippen LogP contribution < -0.4 is 0 Å². The predicted octanol–water partition coefficient (Wildman–Crippen LogP) is 8.22. The first-order chi connectivity index (χ1) is 18.7. The molecule has 8 heteroatoms. The van der Waals surface area contributed by atoms with E-state index in [9.17, 15) is 9.18 Å². The van der Waals surface area contributed by atoms with Crippen molar-refractivity contribution in [3.05, 3.63) is 93.6 Å². The van der Waals surface area contributed by atoms with Crippen molar-refractivity contribution in [3.8, 4) is 21.0 Å². The van der Waals surface area contributed by atoms with Crippen LogP contribution in [-0.2, 0) is 5.54 Å². The first-order valence-electron chi connectivity index (χ1n) is 13.0. The van der Waals surface area contributed by atoms with Gasteiger partial charge in [-0.3, -0.25) is 4.79 Å². The number of aryl methyl sites for hydroxylation is 3. The van der Waals surface area contributed by atoms with Crippen molar-refractivity contribution >= 4 is 39.9 Å². The Labute approximate surface area is 235 Å². The van der Waals surface area contributed by atoms with Gasteiger partial charge in [0.1, 0.15) is 22.3 Å². The molecule has 198 valence electrons. The SMILES string of the molecule is Cc1ccc(-c2nc(C(=O)N3CCCC3(C)c3nc4c(C)c(Cl)ccc4[nH]3)c(-c3ccc(F)cc3)s2)cc1C. The molecule has 0 saturated carbocycles. The number of H-pyrrole nitrogens is 1. The van der Waals surface area contributed by atoms with Crippen LogP contribution in [0.15, 0.2) is 54.6 Å². The second kappa shape index (κ2) is 9.57. The van der Waals surface area contributed by atoms with E-state index in [0.717, 1.165) is 61.8 Å². The number of aromatic nitrogens is 3. The van der Waals surface area contributed by atoms with Gasteiger partial charge in [0.25, 0.3) is 5.91 Å². The number of amides is 1. The highest BCUT2D eigenvalue weighted by atomic mass is 35.5. The molecule has 1 aliphatic heterocycles. The van der Waals surface area contributed by atoms with Crippen LogP contribution >= 0.6 is 22.9 Å². The number of aromatic amines is 1. The molecule has 0 radical (unpaired) electrons. The van der Waals surface area contributed by atoms with Crippen molar-refractivity contribution in [2.75, 3.05) is 6.54 Å². The van der Waals surface area contributed by atoms with E-state index in [1.54, 1.807) is 12.1 Å². The Hall–Kier alpha value is -3.55. The van der Waals surface area contributed by atoms with Crippen molar-refractivity contribution in [2.24, 2.45) is 0 Å². The van der Waals surface area contributed by atoms with Crippen molar-refractivity contribution in [1.29, 1.82) is 0 Å². The number of rotatable bonds is 4. The smallest absolute Gasteiger partial charge is 0.274 e. The molecule has 1 fully saturated rings. The zero-order valence-corrected chi connectivity index (χ0v) is 23.8. The summed E-state index contributed by atoms with van der Waals surface area (Å²) in [5.74, 6) is 0.260. The van der Waals surface area contributed by atoms with E-state index in [0.29, 0.717) is 17.3 Å². The molecule has 3 aromatic carbocycles. The number of nitrogens with one attached hydrogen (secondary N) is 1. The third-order valence-corrected chi connectivity index (χ3v) is 9.49. The molecule has 1 aliphatic rings. The molecule has 39 heavy (non-hydrogen) atoms. The second-order valence-electron chi connectivity index (χ2n) is 10.5. The van der Waals surface area contributed by atoms with E-state index < -0.39 is 5.54 Å². The van der Waals surface area contributed by atoms with E-state index >= 15 is 0 Å². The summed E-state index contributed by atoms with van der Waals surface area (Å²) < 4.78 is 13.8.